The van der Waals surface area contributed by atoms with E-state index in [0.717, 1.165) is 6.07 Å². The van der Waals surface area contributed by atoms with Crippen LogP contribution in [0.2, 0.25) is 5.02 Å². The van der Waals surface area contributed by atoms with Crippen molar-refractivity contribution in [1.29, 1.82) is 0 Å². The van der Waals surface area contributed by atoms with Crippen LogP contribution in [0, 0.1) is 5.82 Å². The predicted octanol–water partition coefficient (Wildman–Crippen LogP) is 4.24. The maximum Gasteiger partial charge on any atom is 0.338 e. The maximum atomic E-state index is 13.1. The number of carbonyl (C=O) groups is 1. The van der Waals surface area contributed by atoms with Gasteiger partial charge in [-0.3, -0.25) is 0 Å². The van der Waals surface area contributed by atoms with Crippen LogP contribution in [0.4, 0.5) is 10.1 Å². The molecule has 0 unspecified atom stereocenters. The fraction of sp³-hybridized carbons (Fsp3) is 0.0952. The van der Waals surface area contributed by atoms with Gasteiger partial charge in [0.1, 0.15) is 23.5 Å². The van der Waals surface area contributed by atoms with Crippen LogP contribution in [0.15, 0.2) is 71.6 Å². The van der Waals surface area contributed by atoms with Crippen molar-refractivity contribution in [1.82, 2.24) is 4.72 Å². The second kappa shape index (κ2) is 8.06. The summed E-state index contributed by atoms with van der Waals surface area (Å²) in [4.78, 5) is 12.5. The molecule has 30 heavy (non-hydrogen) atoms. The van der Waals surface area contributed by atoms with Gasteiger partial charge in [0.2, 0.25) is 10.0 Å². The van der Waals surface area contributed by atoms with Gasteiger partial charge >= 0.3 is 5.97 Å². The fourth-order valence-corrected chi connectivity index (χ4v) is 4.58. The van der Waals surface area contributed by atoms with Crippen LogP contribution >= 0.6 is 11.6 Å². The summed E-state index contributed by atoms with van der Waals surface area (Å²) >= 11 is 5.93. The normalized spacial score (nSPS) is 16.9. The summed E-state index contributed by atoms with van der Waals surface area (Å²) in [6.07, 6.45) is -0.673. The summed E-state index contributed by atoms with van der Waals surface area (Å²) in [5.74, 6) is -1.05. The van der Waals surface area contributed by atoms with Crippen LogP contribution in [0.5, 0.6) is 0 Å². The van der Waals surface area contributed by atoms with E-state index in [0.29, 0.717) is 16.8 Å². The second-order valence-corrected chi connectivity index (χ2v) is 8.72. The van der Waals surface area contributed by atoms with E-state index in [-0.39, 0.29) is 22.1 Å². The molecular weight excluding hydrogens is 431 g/mol. The van der Waals surface area contributed by atoms with Gasteiger partial charge in [-0.2, -0.15) is 4.72 Å². The van der Waals surface area contributed by atoms with Crippen LogP contribution in [0.1, 0.15) is 27.7 Å². The van der Waals surface area contributed by atoms with Crippen molar-refractivity contribution >= 4 is 33.3 Å². The first-order valence-electron chi connectivity index (χ1n) is 8.92. The largest absolute Gasteiger partial charge is 0.457 e. The van der Waals surface area contributed by atoms with Gasteiger partial charge < -0.3 is 10.1 Å². The van der Waals surface area contributed by atoms with Crippen molar-refractivity contribution in [2.45, 2.75) is 17.7 Å². The molecule has 1 atom stereocenters. The molecular formula is C21H16ClFN2O4S. The minimum Gasteiger partial charge on any atom is -0.457 e. The summed E-state index contributed by atoms with van der Waals surface area (Å²) in [5, 5.41) is 3.30. The lowest BCUT2D eigenvalue weighted by Crippen LogP contribution is -2.38. The number of ether oxygens (including phenoxy) is 1. The zero-order valence-electron chi connectivity index (χ0n) is 15.4. The highest BCUT2D eigenvalue weighted by molar-refractivity contribution is 7.89. The monoisotopic (exact) mass is 446 g/mol. The van der Waals surface area contributed by atoms with Crippen molar-refractivity contribution in [3.05, 3.63) is 94.3 Å². The van der Waals surface area contributed by atoms with Gasteiger partial charge in [-0.1, -0.05) is 41.9 Å². The molecule has 0 fully saturated rings. The van der Waals surface area contributed by atoms with Crippen LogP contribution < -0.4 is 10.0 Å². The zero-order chi connectivity index (χ0) is 21.3. The summed E-state index contributed by atoms with van der Waals surface area (Å²) in [6.45, 7) is -0.0968. The highest BCUT2D eigenvalue weighted by atomic mass is 35.5. The van der Waals surface area contributed by atoms with Crippen LogP contribution in [-0.2, 0) is 21.4 Å². The number of hydrogen-bond acceptors (Lipinski definition) is 5. The Morgan fingerprint density at radius 3 is 2.53 bits per heavy atom. The molecule has 0 spiro atoms. The second-order valence-electron chi connectivity index (χ2n) is 6.63. The summed E-state index contributed by atoms with van der Waals surface area (Å²) in [6, 6.07) is 16.8. The lowest BCUT2D eigenvalue weighted by atomic mass is 10.1. The number of nitrogens with one attached hydrogen (secondary N) is 2. The molecule has 1 aliphatic heterocycles. The number of para-hydroxylation sites is 1. The molecule has 4 rings (SSSR count). The quantitative estimate of drug-likeness (QED) is 0.585. The van der Waals surface area contributed by atoms with Gasteiger partial charge in [0, 0.05) is 5.56 Å². The van der Waals surface area contributed by atoms with E-state index in [9.17, 15) is 17.6 Å². The van der Waals surface area contributed by atoms with Crippen LogP contribution in [-0.4, -0.2) is 14.4 Å². The van der Waals surface area contributed by atoms with Crippen molar-refractivity contribution in [3.8, 4) is 0 Å². The molecule has 154 valence electrons. The van der Waals surface area contributed by atoms with Gasteiger partial charge in [0.05, 0.1) is 16.3 Å². The lowest BCUT2D eigenvalue weighted by Gasteiger charge is -2.28. The SMILES string of the molecule is O=C(OCc1ccc(F)cc1Cl)c1ccc([C@H]2Nc3ccccc3S(=O)(=O)N2)cc1. The Labute approximate surface area is 177 Å². The van der Waals surface area contributed by atoms with Crippen molar-refractivity contribution in [3.63, 3.8) is 0 Å². The summed E-state index contributed by atoms with van der Waals surface area (Å²) in [7, 11) is -3.66. The first-order valence-corrected chi connectivity index (χ1v) is 10.8. The van der Waals surface area contributed by atoms with E-state index in [2.05, 4.69) is 10.0 Å². The van der Waals surface area contributed by atoms with E-state index in [4.69, 9.17) is 16.3 Å². The number of rotatable bonds is 4. The average molecular weight is 447 g/mol. The molecule has 2 N–H and O–H groups in total. The van der Waals surface area contributed by atoms with Crippen molar-refractivity contribution < 1.29 is 22.3 Å². The third kappa shape index (κ3) is 4.16. The molecule has 0 saturated carbocycles. The Morgan fingerprint density at radius 1 is 1.07 bits per heavy atom. The van der Waals surface area contributed by atoms with Gasteiger partial charge in [-0.05, 0) is 42.0 Å². The maximum absolute atomic E-state index is 13.1. The summed E-state index contributed by atoms with van der Waals surface area (Å²) < 4.78 is 45.8. The average Bonchev–Trinajstić information content (AvgIpc) is 2.72. The Morgan fingerprint density at radius 2 is 1.80 bits per heavy atom. The van der Waals surface area contributed by atoms with Gasteiger partial charge in [0.15, 0.2) is 0 Å². The van der Waals surface area contributed by atoms with E-state index in [1.165, 1.54) is 18.2 Å². The van der Waals surface area contributed by atoms with Crippen molar-refractivity contribution in [2.75, 3.05) is 5.32 Å². The molecule has 0 saturated heterocycles. The number of halogens is 2. The molecule has 0 radical (unpaired) electrons. The lowest BCUT2D eigenvalue weighted by molar-refractivity contribution is 0.0473. The third-order valence-electron chi connectivity index (χ3n) is 4.60. The number of esters is 1. The number of carbonyl (C=O) groups excluding carboxylic acids is 1. The van der Waals surface area contributed by atoms with Crippen LogP contribution in [0.25, 0.3) is 0 Å². The minimum absolute atomic E-state index is 0.0968. The Balaban J connectivity index is 1.46. The number of hydrogen-bond donors (Lipinski definition) is 2. The van der Waals surface area contributed by atoms with Gasteiger partial charge in [-0.15, -0.1) is 0 Å². The first kappa shape index (κ1) is 20.3. The third-order valence-corrected chi connectivity index (χ3v) is 6.44. The number of anilines is 1. The molecule has 0 bridgehead atoms. The van der Waals surface area contributed by atoms with E-state index < -0.39 is 28.0 Å². The van der Waals surface area contributed by atoms with E-state index in [1.807, 2.05) is 0 Å². The molecule has 6 nitrogen and oxygen atoms in total. The number of fused-ring (bicyclic) bond motifs is 1. The van der Waals surface area contributed by atoms with Crippen molar-refractivity contribution in [2.24, 2.45) is 0 Å². The summed E-state index contributed by atoms with van der Waals surface area (Å²) in [5.41, 5.74) is 1.91. The van der Waals surface area contributed by atoms with Crippen LogP contribution in [0.3, 0.4) is 0 Å². The molecule has 3 aromatic rings. The highest BCUT2D eigenvalue weighted by Gasteiger charge is 2.29. The molecule has 9 heteroatoms. The standard InChI is InChI=1S/C21H16ClFN2O4S/c22-17-11-16(23)10-9-15(17)12-29-21(26)14-7-5-13(6-8-14)20-24-18-3-1-2-4-19(18)30(27,28)25-20/h1-11,20,24-25H,12H2/t20-/m0/s1. The molecule has 1 heterocycles. The Kier molecular flexibility index (Phi) is 5.46. The molecule has 0 aliphatic carbocycles. The molecule has 1 aliphatic rings. The van der Waals surface area contributed by atoms with E-state index in [1.54, 1.807) is 42.5 Å². The molecule has 3 aromatic carbocycles. The number of sulfonamides is 1. The van der Waals surface area contributed by atoms with Gasteiger partial charge in [0.25, 0.3) is 0 Å². The highest BCUT2D eigenvalue weighted by Crippen LogP contribution is 2.30. The topological polar surface area (TPSA) is 84.5 Å². The Hall–Kier alpha value is -2.94. The zero-order valence-corrected chi connectivity index (χ0v) is 17.0. The Bertz CT molecular complexity index is 1220. The molecule has 0 amide bonds. The first-order chi connectivity index (χ1) is 14.3. The fourth-order valence-electron chi connectivity index (χ4n) is 3.05. The van der Waals surface area contributed by atoms with E-state index >= 15 is 0 Å². The molecule has 0 aromatic heterocycles. The minimum atomic E-state index is -3.66. The van der Waals surface area contributed by atoms with Gasteiger partial charge in [-0.25, -0.2) is 17.6 Å². The predicted molar refractivity (Wildman–Crippen MR) is 110 cm³/mol. The number of benzene rings is 3. The smallest absolute Gasteiger partial charge is 0.338 e.